The van der Waals surface area contributed by atoms with Gasteiger partial charge in [-0.15, -0.1) is 0 Å². The van der Waals surface area contributed by atoms with Crippen molar-refractivity contribution in [2.75, 3.05) is 26.2 Å². The zero-order valence-corrected chi connectivity index (χ0v) is 10.3. The quantitative estimate of drug-likeness (QED) is 0.327. The summed E-state index contributed by atoms with van der Waals surface area (Å²) in [6.07, 6.45) is 0. The Bertz CT molecular complexity index is 285. The van der Waals surface area contributed by atoms with E-state index in [2.05, 4.69) is 10.6 Å². The molecule has 0 aromatic heterocycles. The molecule has 0 radical (unpaired) electrons. The number of rotatable bonds is 2. The summed E-state index contributed by atoms with van der Waals surface area (Å²) in [5, 5.41) is 5.35. The molecule has 10 heteroatoms. The van der Waals surface area contributed by atoms with E-state index in [0.717, 1.165) is 0 Å². The second kappa shape index (κ2) is 5.25. The van der Waals surface area contributed by atoms with E-state index in [9.17, 15) is 9.13 Å². The van der Waals surface area contributed by atoms with E-state index in [1.807, 2.05) is 0 Å². The van der Waals surface area contributed by atoms with Crippen molar-refractivity contribution in [1.29, 1.82) is 0 Å². The molecule has 1 saturated heterocycles. The zero-order chi connectivity index (χ0) is 12.4. The van der Waals surface area contributed by atoms with Crippen LogP contribution in [0, 0.1) is 0 Å². The lowest BCUT2D eigenvalue weighted by Crippen LogP contribution is -2.46. The largest absolute Gasteiger partial charge is 0.331 e. The van der Waals surface area contributed by atoms with Crippen molar-refractivity contribution in [3.63, 3.8) is 0 Å². The molecule has 0 spiro atoms. The molecule has 1 rings (SSSR count). The topological polar surface area (TPSA) is 139 Å². The third kappa shape index (κ3) is 4.24. The predicted molar refractivity (Wildman–Crippen MR) is 57.4 cm³/mol. The smallest absolute Gasteiger partial charge is 0.324 e. The first-order valence-corrected chi connectivity index (χ1v) is 8.09. The summed E-state index contributed by atoms with van der Waals surface area (Å²) in [5.74, 6) is 0. The molecule has 0 aliphatic carbocycles. The van der Waals surface area contributed by atoms with Crippen molar-refractivity contribution in [1.82, 2.24) is 10.6 Å². The van der Waals surface area contributed by atoms with Gasteiger partial charge in [0.05, 0.1) is 11.3 Å². The predicted octanol–water partition coefficient (Wildman–Crippen LogP) is -1.73. The Morgan fingerprint density at radius 2 is 1.00 bits per heavy atom. The highest BCUT2D eigenvalue weighted by Gasteiger charge is 2.34. The van der Waals surface area contributed by atoms with Gasteiger partial charge in [0.25, 0.3) is 0 Å². The lowest BCUT2D eigenvalue weighted by molar-refractivity contribution is 0.336. The normalized spacial score (nSPS) is 29.5. The van der Waals surface area contributed by atoms with Crippen LogP contribution in [0.3, 0.4) is 0 Å². The molecule has 0 saturated carbocycles. The average Bonchev–Trinajstić information content (AvgIpc) is 1.96. The highest BCUT2D eigenvalue weighted by molar-refractivity contribution is 7.53. The molecule has 0 atom stereocenters. The van der Waals surface area contributed by atoms with Crippen molar-refractivity contribution < 1.29 is 28.7 Å². The second-order valence-electron chi connectivity index (χ2n) is 3.80. The molecule has 16 heavy (non-hydrogen) atoms. The fraction of sp³-hybridized carbons (Fsp3) is 1.00. The highest BCUT2D eigenvalue weighted by Crippen LogP contribution is 2.43. The minimum absolute atomic E-state index is 0.0355. The van der Waals surface area contributed by atoms with Gasteiger partial charge in [-0.25, -0.2) is 0 Å². The summed E-state index contributed by atoms with van der Waals surface area (Å²) < 4.78 is 22.0. The van der Waals surface area contributed by atoms with Gasteiger partial charge in [-0.3, -0.25) is 9.13 Å². The monoisotopic (exact) mass is 274 g/mol. The van der Waals surface area contributed by atoms with E-state index < -0.39 is 26.5 Å². The molecule has 1 fully saturated rings. The van der Waals surface area contributed by atoms with E-state index in [1.165, 1.54) is 0 Å². The van der Waals surface area contributed by atoms with Gasteiger partial charge in [0.15, 0.2) is 0 Å². The van der Waals surface area contributed by atoms with Gasteiger partial charge < -0.3 is 30.2 Å². The van der Waals surface area contributed by atoms with Crippen molar-refractivity contribution in [2.24, 2.45) is 0 Å². The maximum Gasteiger partial charge on any atom is 0.331 e. The first-order valence-electron chi connectivity index (χ1n) is 4.73. The van der Waals surface area contributed by atoms with Gasteiger partial charge in [-0.05, 0) is 0 Å². The first-order chi connectivity index (χ1) is 7.21. The van der Waals surface area contributed by atoms with Crippen LogP contribution < -0.4 is 10.6 Å². The van der Waals surface area contributed by atoms with Crippen LogP contribution in [0.2, 0.25) is 0 Å². The van der Waals surface area contributed by atoms with Crippen LogP contribution in [0.5, 0.6) is 0 Å². The van der Waals surface area contributed by atoms with E-state index in [1.54, 1.807) is 0 Å². The zero-order valence-electron chi connectivity index (χ0n) is 8.48. The fourth-order valence-electron chi connectivity index (χ4n) is 1.45. The third-order valence-corrected chi connectivity index (χ3v) is 5.10. The standard InChI is InChI=1S/C6H16N2O6P2/c9-15(10,11)5-1-7-3-6(4-8-2-5)16(12,13)14/h5-8H,1-4H2,(H2,9,10,11)(H2,12,13,14). The SMILES string of the molecule is O=P(O)(O)C1CNCC(P(=O)(O)O)CNC1. The third-order valence-electron chi connectivity index (χ3n) is 2.47. The lowest BCUT2D eigenvalue weighted by atomic mass is 10.3. The molecule has 0 unspecified atom stereocenters. The fourth-order valence-corrected chi connectivity index (χ4v) is 2.92. The van der Waals surface area contributed by atoms with Crippen LogP contribution in [0.25, 0.3) is 0 Å². The molecule has 96 valence electrons. The van der Waals surface area contributed by atoms with Crippen LogP contribution >= 0.6 is 15.2 Å². The molecule has 1 aliphatic rings. The summed E-state index contributed by atoms with van der Waals surface area (Å²) in [4.78, 5) is 35.9. The van der Waals surface area contributed by atoms with Gasteiger partial charge in [0.2, 0.25) is 0 Å². The van der Waals surface area contributed by atoms with E-state index in [0.29, 0.717) is 0 Å². The van der Waals surface area contributed by atoms with E-state index in [-0.39, 0.29) is 26.2 Å². The minimum atomic E-state index is -4.17. The van der Waals surface area contributed by atoms with Crippen molar-refractivity contribution >= 4 is 15.2 Å². The molecule has 0 aromatic rings. The van der Waals surface area contributed by atoms with Gasteiger partial charge in [0, 0.05) is 26.2 Å². The summed E-state index contributed by atoms with van der Waals surface area (Å²) in [7, 11) is -8.34. The van der Waals surface area contributed by atoms with E-state index >= 15 is 0 Å². The Balaban J connectivity index is 2.57. The molecule has 1 aliphatic heterocycles. The molecule has 1 heterocycles. The Hall–Kier alpha value is 0.220. The Labute approximate surface area is 92.8 Å². The molecule has 0 aromatic carbocycles. The van der Waals surface area contributed by atoms with Crippen LogP contribution in [0.1, 0.15) is 0 Å². The maximum atomic E-state index is 11.0. The molecular formula is C6H16N2O6P2. The van der Waals surface area contributed by atoms with Gasteiger partial charge in [-0.2, -0.15) is 0 Å². The van der Waals surface area contributed by atoms with Crippen LogP contribution in [0.15, 0.2) is 0 Å². The highest BCUT2D eigenvalue weighted by atomic mass is 31.2. The van der Waals surface area contributed by atoms with Gasteiger partial charge >= 0.3 is 15.2 Å². The van der Waals surface area contributed by atoms with Crippen molar-refractivity contribution in [2.45, 2.75) is 11.3 Å². The first kappa shape index (κ1) is 14.3. The molecule has 0 amide bonds. The minimum Gasteiger partial charge on any atom is -0.324 e. The number of nitrogens with one attached hydrogen (secondary N) is 2. The van der Waals surface area contributed by atoms with Crippen LogP contribution in [-0.2, 0) is 9.13 Å². The van der Waals surface area contributed by atoms with Crippen LogP contribution in [-0.4, -0.2) is 57.1 Å². The molecule has 8 nitrogen and oxygen atoms in total. The summed E-state index contributed by atoms with van der Waals surface area (Å²) in [6, 6.07) is 0. The molecule has 0 bridgehead atoms. The van der Waals surface area contributed by atoms with Crippen molar-refractivity contribution in [3.05, 3.63) is 0 Å². The molecule has 6 N–H and O–H groups in total. The number of hydrogen-bond donors (Lipinski definition) is 6. The van der Waals surface area contributed by atoms with Gasteiger partial charge in [0.1, 0.15) is 0 Å². The maximum absolute atomic E-state index is 11.0. The van der Waals surface area contributed by atoms with Gasteiger partial charge in [-0.1, -0.05) is 0 Å². The second-order valence-corrected chi connectivity index (χ2v) is 7.62. The Morgan fingerprint density at radius 1 is 0.750 bits per heavy atom. The van der Waals surface area contributed by atoms with Crippen LogP contribution in [0.4, 0.5) is 0 Å². The summed E-state index contributed by atoms with van der Waals surface area (Å²) in [5.41, 5.74) is -1.71. The average molecular weight is 274 g/mol. The van der Waals surface area contributed by atoms with E-state index in [4.69, 9.17) is 19.6 Å². The Morgan fingerprint density at radius 3 is 1.19 bits per heavy atom. The number of hydrogen-bond acceptors (Lipinski definition) is 4. The molecular weight excluding hydrogens is 258 g/mol. The summed E-state index contributed by atoms with van der Waals surface area (Å²) >= 11 is 0. The summed E-state index contributed by atoms with van der Waals surface area (Å²) in [6.45, 7) is 0.142. The Kier molecular flexibility index (Phi) is 4.68. The van der Waals surface area contributed by atoms with Crippen molar-refractivity contribution in [3.8, 4) is 0 Å². The lowest BCUT2D eigenvalue weighted by Gasteiger charge is -2.27.